The van der Waals surface area contributed by atoms with E-state index in [-0.39, 0.29) is 5.41 Å². The van der Waals surface area contributed by atoms with Gasteiger partial charge in [-0.3, -0.25) is 0 Å². The normalized spacial score (nSPS) is 12.5. The molecule has 0 aliphatic heterocycles. The summed E-state index contributed by atoms with van der Waals surface area (Å²) in [5, 5.41) is 0. The van der Waals surface area contributed by atoms with Gasteiger partial charge in [0.2, 0.25) is 0 Å². The van der Waals surface area contributed by atoms with Crippen LogP contribution in [0.4, 0.5) is 0 Å². The Hall–Kier alpha value is -4.00. The van der Waals surface area contributed by atoms with E-state index in [9.17, 15) is 0 Å². The van der Waals surface area contributed by atoms with Crippen LogP contribution in [0.2, 0.25) is 0 Å². The van der Waals surface area contributed by atoms with Crippen molar-refractivity contribution in [1.29, 1.82) is 0 Å². The maximum Gasteiger partial charge on any atom is 0.0296 e. The highest BCUT2D eigenvalue weighted by Gasteiger charge is 2.43. The highest BCUT2D eigenvalue weighted by Crippen LogP contribution is 2.52. The Balaban J connectivity index is 1.81. The molecule has 0 amide bonds. The first-order valence-electron chi connectivity index (χ1n) is 11.5. The summed E-state index contributed by atoms with van der Waals surface area (Å²) in [6, 6.07) is 35.2. The smallest absolute Gasteiger partial charge is 0.0296 e. The van der Waals surface area contributed by atoms with E-state index in [4.69, 9.17) is 0 Å². The van der Waals surface area contributed by atoms with Crippen molar-refractivity contribution in [3.63, 3.8) is 0 Å². The van der Waals surface area contributed by atoms with E-state index in [1.807, 2.05) is 13.8 Å². The van der Waals surface area contributed by atoms with Crippen molar-refractivity contribution in [2.45, 2.75) is 32.1 Å². The minimum absolute atomic E-state index is 0.190. The van der Waals surface area contributed by atoms with Crippen LogP contribution in [0.5, 0.6) is 0 Å². The predicted octanol–water partition coefficient (Wildman–Crippen LogP) is 7.18. The SMILES string of the molecule is CC#Cc1ccc2c(c1)C(Cc1ccccc1)(Cc1ccccc1)c1cc(C#CC)ccc1-2. The number of benzene rings is 4. The monoisotopic (exact) mass is 422 g/mol. The molecule has 0 heterocycles. The average Bonchev–Trinajstić information content (AvgIpc) is 3.09. The van der Waals surface area contributed by atoms with Gasteiger partial charge in [-0.15, -0.1) is 11.8 Å². The first kappa shape index (κ1) is 20.9. The molecule has 0 fully saturated rings. The zero-order valence-electron chi connectivity index (χ0n) is 19.2. The van der Waals surface area contributed by atoms with E-state index in [0.29, 0.717) is 0 Å². The molecule has 0 N–H and O–H groups in total. The molecular formula is C33H26. The van der Waals surface area contributed by atoms with Crippen LogP contribution in [0.1, 0.15) is 47.2 Å². The fourth-order valence-corrected chi connectivity index (χ4v) is 5.27. The number of rotatable bonds is 4. The second-order valence-electron chi connectivity index (χ2n) is 8.68. The maximum atomic E-state index is 3.29. The van der Waals surface area contributed by atoms with Gasteiger partial charge >= 0.3 is 0 Å². The summed E-state index contributed by atoms with van der Waals surface area (Å²) in [6.45, 7) is 3.80. The van der Waals surface area contributed by atoms with Crippen LogP contribution in [0.15, 0.2) is 97.1 Å². The Morgan fingerprint density at radius 2 is 0.970 bits per heavy atom. The largest absolute Gasteiger partial charge is 0.101 e. The number of fused-ring (bicyclic) bond motifs is 3. The van der Waals surface area contributed by atoms with Crippen LogP contribution in [-0.2, 0) is 18.3 Å². The van der Waals surface area contributed by atoms with E-state index < -0.39 is 0 Å². The average molecular weight is 423 g/mol. The van der Waals surface area contributed by atoms with E-state index >= 15 is 0 Å². The van der Waals surface area contributed by atoms with Crippen LogP contribution in [0.3, 0.4) is 0 Å². The lowest BCUT2D eigenvalue weighted by atomic mass is 9.69. The third-order valence-corrected chi connectivity index (χ3v) is 6.60. The van der Waals surface area contributed by atoms with E-state index in [0.717, 1.165) is 24.0 Å². The molecular weight excluding hydrogens is 396 g/mol. The molecule has 4 aromatic rings. The third-order valence-electron chi connectivity index (χ3n) is 6.60. The summed E-state index contributed by atoms with van der Waals surface area (Å²) in [7, 11) is 0. The quantitative estimate of drug-likeness (QED) is 0.306. The fourth-order valence-electron chi connectivity index (χ4n) is 5.27. The second kappa shape index (κ2) is 8.86. The number of hydrogen-bond acceptors (Lipinski definition) is 0. The Morgan fingerprint density at radius 1 is 0.545 bits per heavy atom. The lowest BCUT2D eigenvalue weighted by molar-refractivity contribution is 0.520. The van der Waals surface area contributed by atoms with Crippen LogP contribution < -0.4 is 0 Å². The predicted molar refractivity (Wildman–Crippen MR) is 138 cm³/mol. The summed E-state index contributed by atoms with van der Waals surface area (Å²) >= 11 is 0. The van der Waals surface area contributed by atoms with Crippen LogP contribution in [0.25, 0.3) is 11.1 Å². The van der Waals surface area contributed by atoms with Crippen molar-refractivity contribution in [1.82, 2.24) is 0 Å². The van der Waals surface area contributed by atoms with Gasteiger partial charge in [-0.1, -0.05) is 84.6 Å². The second-order valence-corrected chi connectivity index (χ2v) is 8.68. The molecule has 0 saturated carbocycles. The molecule has 0 radical (unpaired) electrons. The van der Waals surface area contributed by atoms with Crippen molar-refractivity contribution >= 4 is 0 Å². The van der Waals surface area contributed by atoms with Crippen molar-refractivity contribution in [3.8, 4) is 34.8 Å². The van der Waals surface area contributed by atoms with Gasteiger partial charge in [-0.2, -0.15) is 0 Å². The first-order valence-corrected chi connectivity index (χ1v) is 11.5. The lowest BCUT2D eigenvalue weighted by Crippen LogP contribution is -2.31. The van der Waals surface area contributed by atoms with Gasteiger partial charge in [0, 0.05) is 16.5 Å². The van der Waals surface area contributed by atoms with Crippen LogP contribution in [0, 0.1) is 23.7 Å². The van der Waals surface area contributed by atoms with Gasteiger partial charge in [-0.25, -0.2) is 0 Å². The van der Waals surface area contributed by atoms with Crippen molar-refractivity contribution < 1.29 is 0 Å². The molecule has 1 aliphatic carbocycles. The highest BCUT2D eigenvalue weighted by atomic mass is 14.5. The Morgan fingerprint density at radius 3 is 1.36 bits per heavy atom. The van der Waals surface area contributed by atoms with Gasteiger partial charge in [0.25, 0.3) is 0 Å². The third kappa shape index (κ3) is 3.86. The lowest BCUT2D eigenvalue weighted by Gasteiger charge is -2.33. The molecule has 0 aromatic heterocycles. The van der Waals surface area contributed by atoms with E-state index in [2.05, 4.69) is 121 Å². The molecule has 0 nitrogen and oxygen atoms in total. The van der Waals surface area contributed by atoms with Gasteiger partial charge < -0.3 is 0 Å². The number of hydrogen-bond donors (Lipinski definition) is 0. The van der Waals surface area contributed by atoms with Crippen molar-refractivity contribution in [2.24, 2.45) is 0 Å². The molecule has 33 heavy (non-hydrogen) atoms. The maximum absolute atomic E-state index is 3.29. The van der Waals surface area contributed by atoms with E-state index in [1.54, 1.807) is 0 Å². The van der Waals surface area contributed by atoms with Crippen LogP contribution in [-0.4, -0.2) is 0 Å². The topological polar surface area (TPSA) is 0 Å². The molecule has 158 valence electrons. The highest BCUT2D eigenvalue weighted by molar-refractivity contribution is 5.83. The van der Waals surface area contributed by atoms with Gasteiger partial charge in [0.05, 0.1) is 0 Å². The van der Waals surface area contributed by atoms with Gasteiger partial charge in [-0.05, 0) is 84.3 Å². The van der Waals surface area contributed by atoms with Crippen molar-refractivity contribution in [3.05, 3.63) is 130 Å². The zero-order valence-corrected chi connectivity index (χ0v) is 19.2. The van der Waals surface area contributed by atoms with Crippen molar-refractivity contribution in [2.75, 3.05) is 0 Å². The van der Waals surface area contributed by atoms with Gasteiger partial charge in [0.1, 0.15) is 0 Å². The standard InChI is InChI=1S/C33H26/c1-3-11-25-17-19-29-30-20-18-26(12-4-2)22-32(30)33(31(29)21-25,23-27-13-7-5-8-14-27)24-28-15-9-6-10-16-28/h5-10,13-22H,23-24H2,1-2H3. The minimum atomic E-state index is -0.190. The summed E-state index contributed by atoms with van der Waals surface area (Å²) in [4.78, 5) is 0. The summed E-state index contributed by atoms with van der Waals surface area (Å²) in [5.41, 5.74) is 10.00. The Bertz CT molecular complexity index is 1300. The molecule has 0 heteroatoms. The molecule has 5 rings (SSSR count). The molecule has 0 saturated heterocycles. The van der Waals surface area contributed by atoms with E-state index in [1.165, 1.54) is 33.4 Å². The molecule has 0 unspecified atom stereocenters. The molecule has 0 bridgehead atoms. The molecule has 1 aliphatic rings. The molecule has 4 aromatic carbocycles. The summed E-state index contributed by atoms with van der Waals surface area (Å²) < 4.78 is 0. The summed E-state index contributed by atoms with van der Waals surface area (Å²) in [6.07, 6.45) is 1.85. The summed E-state index contributed by atoms with van der Waals surface area (Å²) in [5.74, 6) is 12.7. The Labute approximate surface area is 197 Å². The Kier molecular flexibility index (Phi) is 5.60. The molecule has 0 spiro atoms. The zero-order chi connectivity index (χ0) is 22.7. The fraction of sp³-hybridized carbons (Fsp3) is 0.152. The van der Waals surface area contributed by atoms with Crippen LogP contribution >= 0.6 is 0 Å². The molecule has 0 atom stereocenters. The first-order chi connectivity index (χ1) is 16.2. The minimum Gasteiger partial charge on any atom is -0.101 e. The van der Waals surface area contributed by atoms with Gasteiger partial charge in [0.15, 0.2) is 0 Å².